The zero-order valence-electron chi connectivity index (χ0n) is 16.8. The molecule has 3 amide bonds. The number of hydrogen-bond acceptors (Lipinski definition) is 5. The number of nitro benzene ring substituents is 1. The lowest BCUT2D eigenvalue weighted by atomic mass is 9.85. The van der Waals surface area contributed by atoms with E-state index in [4.69, 9.17) is 0 Å². The Morgan fingerprint density at radius 3 is 2.31 bits per heavy atom. The van der Waals surface area contributed by atoms with Crippen molar-refractivity contribution in [3.8, 4) is 0 Å². The summed E-state index contributed by atoms with van der Waals surface area (Å²) >= 11 is 0. The summed E-state index contributed by atoms with van der Waals surface area (Å²) in [5, 5.41) is 13.9. The van der Waals surface area contributed by atoms with Gasteiger partial charge in [0, 0.05) is 6.07 Å². The minimum atomic E-state index is -0.945. The highest BCUT2D eigenvalue weighted by Crippen LogP contribution is 2.37. The van der Waals surface area contributed by atoms with Gasteiger partial charge in [0.05, 0.1) is 28.0 Å². The lowest BCUT2D eigenvalue weighted by Gasteiger charge is -2.27. The van der Waals surface area contributed by atoms with E-state index in [1.54, 1.807) is 13.0 Å². The molecule has 0 saturated carbocycles. The average Bonchev–Trinajstić information content (AvgIpc) is 2.92. The molecule has 3 atom stereocenters. The van der Waals surface area contributed by atoms with Crippen molar-refractivity contribution >= 4 is 29.1 Å². The van der Waals surface area contributed by atoms with E-state index in [1.165, 1.54) is 12.1 Å². The van der Waals surface area contributed by atoms with Crippen molar-refractivity contribution < 1.29 is 19.3 Å². The second kappa shape index (κ2) is 8.14. The Morgan fingerprint density at radius 1 is 1.21 bits per heavy atom. The van der Waals surface area contributed by atoms with Gasteiger partial charge in [0.2, 0.25) is 17.7 Å². The Morgan fingerprint density at radius 2 is 1.79 bits per heavy atom. The maximum absolute atomic E-state index is 13.1. The molecule has 1 heterocycles. The number of nitro groups is 1. The number of anilines is 1. The van der Waals surface area contributed by atoms with Crippen molar-refractivity contribution in [3.63, 3.8) is 0 Å². The van der Waals surface area contributed by atoms with E-state index in [-0.39, 0.29) is 23.4 Å². The Balaban J connectivity index is 1.89. The topological polar surface area (TPSA) is 110 Å². The monoisotopic (exact) mass is 399 g/mol. The fourth-order valence-corrected chi connectivity index (χ4v) is 4.08. The third-order valence-corrected chi connectivity index (χ3v) is 5.61. The van der Waals surface area contributed by atoms with Gasteiger partial charge >= 0.3 is 0 Å². The number of fused-ring (bicyclic) bond motifs is 1. The molecular formula is C21H25N3O5. The predicted molar refractivity (Wildman–Crippen MR) is 107 cm³/mol. The lowest BCUT2D eigenvalue weighted by molar-refractivity contribution is -0.385. The minimum absolute atomic E-state index is 0.0679. The molecular weight excluding hydrogens is 374 g/mol. The van der Waals surface area contributed by atoms with Crippen molar-refractivity contribution in [2.24, 2.45) is 17.8 Å². The summed E-state index contributed by atoms with van der Waals surface area (Å²) in [6.07, 6.45) is 5.14. The molecule has 29 heavy (non-hydrogen) atoms. The van der Waals surface area contributed by atoms with Gasteiger partial charge in [-0.05, 0) is 38.2 Å². The molecule has 1 saturated heterocycles. The summed E-state index contributed by atoms with van der Waals surface area (Å²) in [5.74, 6) is -1.86. The number of hydrogen-bond donors (Lipinski definition) is 1. The van der Waals surface area contributed by atoms with Crippen LogP contribution in [0.25, 0.3) is 0 Å². The number of nitrogens with one attached hydrogen (secondary N) is 1. The largest absolute Gasteiger partial charge is 0.324 e. The molecule has 1 aliphatic heterocycles. The van der Waals surface area contributed by atoms with Gasteiger partial charge in [-0.1, -0.05) is 32.1 Å². The van der Waals surface area contributed by atoms with E-state index < -0.39 is 28.7 Å². The molecule has 8 heteroatoms. The number of benzene rings is 1. The standard InChI is InChI=1S/C21H25N3O5/c1-12(2)11-18(23-20(26)14-7-4-5-8-15(14)21(23)27)19(25)22-16-9-6-10-17(13(16)3)24(28)29/h4-6,9-10,12,14-15,18H,7-8,11H2,1-3H3,(H,22,25). The highest BCUT2D eigenvalue weighted by molar-refractivity contribution is 6.10. The van der Waals surface area contributed by atoms with Gasteiger partial charge in [0.1, 0.15) is 6.04 Å². The van der Waals surface area contributed by atoms with Gasteiger partial charge in [0.25, 0.3) is 5.69 Å². The summed E-state index contributed by atoms with van der Waals surface area (Å²) in [6, 6.07) is 3.48. The molecule has 2 aliphatic rings. The summed E-state index contributed by atoms with van der Waals surface area (Å²) in [5.41, 5.74) is 0.524. The van der Waals surface area contributed by atoms with E-state index in [0.29, 0.717) is 30.5 Å². The first kappa shape index (κ1) is 20.7. The molecule has 0 radical (unpaired) electrons. The molecule has 8 nitrogen and oxygen atoms in total. The minimum Gasteiger partial charge on any atom is -0.324 e. The van der Waals surface area contributed by atoms with Crippen LogP contribution in [0.4, 0.5) is 11.4 Å². The SMILES string of the molecule is Cc1c(NC(=O)C(CC(C)C)N2C(=O)C3CC=CCC3C2=O)cccc1[N+](=O)[O-]. The molecule has 0 bridgehead atoms. The number of likely N-dealkylation sites (tertiary alicyclic amines) is 1. The van der Waals surface area contributed by atoms with Crippen LogP contribution in [-0.4, -0.2) is 33.6 Å². The Hall–Kier alpha value is -3.03. The molecule has 1 N–H and O–H groups in total. The fourth-order valence-electron chi connectivity index (χ4n) is 4.08. The molecule has 1 aromatic rings. The third-order valence-electron chi connectivity index (χ3n) is 5.61. The number of allylic oxidation sites excluding steroid dienone is 2. The number of amides is 3. The van der Waals surface area contributed by atoms with Gasteiger partial charge < -0.3 is 5.32 Å². The van der Waals surface area contributed by atoms with E-state index in [1.807, 2.05) is 26.0 Å². The van der Waals surface area contributed by atoms with E-state index in [9.17, 15) is 24.5 Å². The number of carbonyl (C=O) groups excluding carboxylic acids is 3. The van der Waals surface area contributed by atoms with Crippen LogP contribution in [0.15, 0.2) is 30.4 Å². The van der Waals surface area contributed by atoms with Crippen LogP contribution in [-0.2, 0) is 14.4 Å². The van der Waals surface area contributed by atoms with Crippen LogP contribution < -0.4 is 5.32 Å². The third kappa shape index (κ3) is 3.92. The molecule has 3 unspecified atom stereocenters. The molecule has 0 aromatic heterocycles. The van der Waals surface area contributed by atoms with Crippen LogP contribution in [0.5, 0.6) is 0 Å². The zero-order chi connectivity index (χ0) is 21.3. The summed E-state index contributed by atoms with van der Waals surface area (Å²) in [6.45, 7) is 5.38. The number of imide groups is 1. The molecule has 1 aliphatic carbocycles. The summed E-state index contributed by atoms with van der Waals surface area (Å²) in [4.78, 5) is 50.8. The van der Waals surface area contributed by atoms with Gasteiger partial charge in [-0.15, -0.1) is 0 Å². The first-order chi connectivity index (χ1) is 13.7. The number of nitrogens with zero attached hydrogens (tertiary/aromatic N) is 2. The normalized spacial score (nSPS) is 22.0. The van der Waals surface area contributed by atoms with Crippen LogP contribution in [0.1, 0.15) is 38.7 Å². The lowest BCUT2D eigenvalue weighted by Crippen LogP contribution is -2.48. The van der Waals surface area contributed by atoms with Gasteiger partial charge in [-0.3, -0.25) is 29.4 Å². The van der Waals surface area contributed by atoms with E-state index in [0.717, 1.165) is 4.90 Å². The van der Waals surface area contributed by atoms with Crippen molar-refractivity contribution in [1.29, 1.82) is 0 Å². The van der Waals surface area contributed by atoms with Crippen LogP contribution in [0, 0.1) is 34.8 Å². The molecule has 3 rings (SSSR count). The van der Waals surface area contributed by atoms with E-state index >= 15 is 0 Å². The average molecular weight is 399 g/mol. The smallest absolute Gasteiger partial charge is 0.274 e. The Labute approximate surface area is 169 Å². The Bertz CT molecular complexity index is 866. The summed E-state index contributed by atoms with van der Waals surface area (Å²) in [7, 11) is 0. The highest BCUT2D eigenvalue weighted by Gasteiger charge is 2.51. The molecule has 0 spiro atoms. The van der Waals surface area contributed by atoms with Gasteiger partial charge in [0.15, 0.2) is 0 Å². The van der Waals surface area contributed by atoms with Gasteiger partial charge in [-0.25, -0.2) is 0 Å². The van der Waals surface area contributed by atoms with Crippen molar-refractivity contribution in [1.82, 2.24) is 4.90 Å². The maximum Gasteiger partial charge on any atom is 0.274 e. The predicted octanol–water partition coefficient (Wildman–Crippen LogP) is 3.21. The Kier molecular flexibility index (Phi) is 5.81. The first-order valence-electron chi connectivity index (χ1n) is 9.79. The van der Waals surface area contributed by atoms with Crippen LogP contribution >= 0.6 is 0 Å². The van der Waals surface area contributed by atoms with E-state index in [2.05, 4.69) is 5.32 Å². The molecule has 1 aromatic carbocycles. The molecule has 1 fully saturated rings. The number of carbonyl (C=O) groups is 3. The summed E-state index contributed by atoms with van der Waals surface area (Å²) < 4.78 is 0. The second-order valence-corrected chi connectivity index (χ2v) is 8.04. The van der Waals surface area contributed by atoms with Crippen molar-refractivity contribution in [2.75, 3.05) is 5.32 Å². The zero-order valence-corrected chi connectivity index (χ0v) is 16.8. The number of rotatable bonds is 6. The quantitative estimate of drug-likeness (QED) is 0.342. The van der Waals surface area contributed by atoms with Crippen molar-refractivity contribution in [2.45, 2.75) is 46.1 Å². The van der Waals surface area contributed by atoms with Gasteiger partial charge in [-0.2, -0.15) is 0 Å². The first-order valence-corrected chi connectivity index (χ1v) is 9.79. The maximum atomic E-state index is 13.1. The molecule has 154 valence electrons. The second-order valence-electron chi connectivity index (χ2n) is 8.04. The van der Waals surface area contributed by atoms with Crippen LogP contribution in [0.3, 0.4) is 0 Å². The fraction of sp³-hybridized carbons (Fsp3) is 0.476. The van der Waals surface area contributed by atoms with Crippen molar-refractivity contribution in [3.05, 3.63) is 46.0 Å². The highest BCUT2D eigenvalue weighted by atomic mass is 16.6. The van der Waals surface area contributed by atoms with Crippen LogP contribution in [0.2, 0.25) is 0 Å².